The summed E-state index contributed by atoms with van der Waals surface area (Å²) < 4.78 is 38.1. The third kappa shape index (κ3) is 4.12. The van der Waals surface area contributed by atoms with Crippen LogP contribution in [0.4, 0.5) is 0 Å². The summed E-state index contributed by atoms with van der Waals surface area (Å²) in [5.74, 6) is 0.790. The molecule has 9 heteroatoms. The van der Waals surface area contributed by atoms with E-state index in [1.807, 2.05) is 12.1 Å². The van der Waals surface area contributed by atoms with Gasteiger partial charge in [0.1, 0.15) is 18.1 Å². The number of halogens is 2. The van der Waals surface area contributed by atoms with Gasteiger partial charge in [0.25, 0.3) is 0 Å². The molecule has 0 fully saturated rings. The molecule has 0 radical (unpaired) electrons. The van der Waals surface area contributed by atoms with E-state index in [9.17, 15) is 13.5 Å². The van der Waals surface area contributed by atoms with E-state index in [0.717, 1.165) is 11.6 Å². The Morgan fingerprint density at radius 3 is 2.56 bits per heavy atom. The SMILES string of the molecule is O=S(=O)(NCCc1ccc2c(c1)OCCO2)c1cc(Cl)cc(Cl)c1O. The molecule has 1 aliphatic heterocycles. The van der Waals surface area contributed by atoms with Crippen LogP contribution in [0.3, 0.4) is 0 Å². The summed E-state index contributed by atoms with van der Waals surface area (Å²) in [4.78, 5) is -0.354. The molecule has 0 aromatic heterocycles. The molecule has 0 aliphatic carbocycles. The van der Waals surface area contributed by atoms with Gasteiger partial charge in [-0.2, -0.15) is 0 Å². The summed E-state index contributed by atoms with van der Waals surface area (Å²) in [5, 5.41) is 9.86. The molecule has 0 spiro atoms. The number of rotatable bonds is 5. The molecule has 0 saturated heterocycles. The summed E-state index contributed by atoms with van der Waals surface area (Å²) in [6.07, 6.45) is 0.435. The van der Waals surface area contributed by atoms with Gasteiger partial charge in [0, 0.05) is 11.6 Å². The van der Waals surface area contributed by atoms with Gasteiger partial charge in [0.15, 0.2) is 17.2 Å². The third-order valence-electron chi connectivity index (χ3n) is 3.60. The first-order chi connectivity index (χ1) is 11.9. The van der Waals surface area contributed by atoms with Crippen LogP contribution in [0.2, 0.25) is 10.0 Å². The Morgan fingerprint density at radius 1 is 1.08 bits per heavy atom. The lowest BCUT2D eigenvalue weighted by molar-refractivity contribution is 0.171. The maximum atomic E-state index is 12.3. The molecule has 1 heterocycles. The molecule has 2 aromatic carbocycles. The van der Waals surface area contributed by atoms with Crippen molar-refractivity contribution in [1.82, 2.24) is 4.72 Å². The molecular formula is C16H15Cl2NO5S. The highest BCUT2D eigenvalue weighted by Gasteiger charge is 2.21. The monoisotopic (exact) mass is 403 g/mol. The van der Waals surface area contributed by atoms with Gasteiger partial charge in [-0.1, -0.05) is 29.3 Å². The molecule has 25 heavy (non-hydrogen) atoms. The largest absolute Gasteiger partial charge is 0.505 e. The van der Waals surface area contributed by atoms with Crippen molar-refractivity contribution in [2.45, 2.75) is 11.3 Å². The zero-order valence-corrected chi connectivity index (χ0v) is 15.3. The molecule has 2 aromatic rings. The number of hydrogen-bond donors (Lipinski definition) is 2. The van der Waals surface area contributed by atoms with E-state index in [4.69, 9.17) is 32.7 Å². The van der Waals surface area contributed by atoms with Crippen LogP contribution in [0.1, 0.15) is 5.56 Å². The molecule has 0 amide bonds. The predicted molar refractivity (Wildman–Crippen MR) is 94.5 cm³/mol. The summed E-state index contributed by atoms with van der Waals surface area (Å²) in [5.41, 5.74) is 0.889. The average Bonchev–Trinajstić information content (AvgIpc) is 2.57. The topological polar surface area (TPSA) is 84.9 Å². The Balaban J connectivity index is 1.69. The van der Waals surface area contributed by atoms with Gasteiger partial charge in [-0.25, -0.2) is 13.1 Å². The van der Waals surface area contributed by atoms with Gasteiger partial charge in [-0.15, -0.1) is 0 Å². The number of aromatic hydroxyl groups is 1. The van der Waals surface area contributed by atoms with Crippen molar-refractivity contribution >= 4 is 33.2 Å². The summed E-state index contributed by atoms with van der Waals surface area (Å²) >= 11 is 11.6. The minimum atomic E-state index is -3.95. The first-order valence-electron chi connectivity index (χ1n) is 7.43. The number of phenolic OH excluding ortho intramolecular Hbond substituents is 1. The second kappa shape index (κ2) is 7.29. The lowest BCUT2D eigenvalue weighted by atomic mass is 10.1. The molecule has 0 bridgehead atoms. The standard InChI is InChI=1S/C16H15Cl2NO5S/c17-11-8-12(18)16(20)15(9-11)25(21,22)19-4-3-10-1-2-13-14(7-10)24-6-5-23-13/h1-2,7-9,19-20H,3-6H2. The molecule has 0 saturated carbocycles. The Kier molecular flexibility index (Phi) is 5.29. The molecule has 2 N–H and O–H groups in total. The third-order valence-corrected chi connectivity index (χ3v) is 5.58. The van der Waals surface area contributed by atoms with Crippen molar-refractivity contribution in [2.24, 2.45) is 0 Å². The Hall–Kier alpha value is -1.67. The van der Waals surface area contributed by atoms with Gasteiger partial charge in [0.05, 0.1) is 5.02 Å². The summed E-state index contributed by atoms with van der Waals surface area (Å²) in [7, 11) is -3.95. The first-order valence-corrected chi connectivity index (χ1v) is 9.67. The molecular weight excluding hydrogens is 389 g/mol. The number of sulfonamides is 1. The van der Waals surface area contributed by atoms with Crippen molar-refractivity contribution in [1.29, 1.82) is 0 Å². The number of nitrogens with one attached hydrogen (secondary N) is 1. The van der Waals surface area contributed by atoms with Crippen LogP contribution in [-0.4, -0.2) is 33.3 Å². The quantitative estimate of drug-likeness (QED) is 0.801. The fraction of sp³-hybridized carbons (Fsp3) is 0.250. The van der Waals surface area contributed by atoms with Crippen LogP contribution in [0.5, 0.6) is 17.2 Å². The van der Waals surface area contributed by atoms with E-state index in [1.165, 1.54) is 6.07 Å². The van der Waals surface area contributed by atoms with Crippen LogP contribution in [-0.2, 0) is 16.4 Å². The highest BCUT2D eigenvalue weighted by molar-refractivity contribution is 7.89. The lowest BCUT2D eigenvalue weighted by Crippen LogP contribution is -2.26. The predicted octanol–water partition coefficient (Wildman–Crippen LogP) is 2.99. The maximum absolute atomic E-state index is 12.3. The number of hydrogen-bond acceptors (Lipinski definition) is 5. The van der Waals surface area contributed by atoms with Crippen LogP contribution in [0.15, 0.2) is 35.2 Å². The van der Waals surface area contributed by atoms with Gasteiger partial charge in [-0.05, 0) is 36.2 Å². The Morgan fingerprint density at radius 2 is 1.80 bits per heavy atom. The van der Waals surface area contributed by atoms with E-state index in [-0.39, 0.29) is 21.5 Å². The van der Waals surface area contributed by atoms with E-state index in [2.05, 4.69) is 4.72 Å². The van der Waals surface area contributed by atoms with Crippen molar-refractivity contribution in [3.05, 3.63) is 45.9 Å². The maximum Gasteiger partial charge on any atom is 0.244 e. The van der Waals surface area contributed by atoms with Crippen molar-refractivity contribution in [3.8, 4) is 17.2 Å². The van der Waals surface area contributed by atoms with Crippen molar-refractivity contribution in [2.75, 3.05) is 19.8 Å². The first kappa shape index (κ1) is 18.1. The zero-order chi connectivity index (χ0) is 18.0. The average molecular weight is 404 g/mol. The van der Waals surface area contributed by atoms with Crippen LogP contribution in [0, 0.1) is 0 Å². The van der Waals surface area contributed by atoms with Crippen LogP contribution in [0.25, 0.3) is 0 Å². The molecule has 0 unspecified atom stereocenters. The smallest absolute Gasteiger partial charge is 0.244 e. The molecule has 134 valence electrons. The second-order valence-corrected chi connectivity index (χ2v) is 7.94. The fourth-order valence-corrected chi connectivity index (χ4v) is 4.19. The summed E-state index contributed by atoms with van der Waals surface area (Å²) in [6.45, 7) is 1.13. The lowest BCUT2D eigenvalue weighted by Gasteiger charge is -2.19. The molecule has 0 atom stereocenters. The van der Waals surface area contributed by atoms with E-state index in [1.54, 1.807) is 6.07 Å². The highest BCUT2D eigenvalue weighted by atomic mass is 35.5. The molecule has 3 rings (SSSR count). The number of phenols is 1. The van der Waals surface area contributed by atoms with E-state index in [0.29, 0.717) is 31.1 Å². The molecule has 6 nitrogen and oxygen atoms in total. The minimum absolute atomic E-state index is 0.120. The number of fused-ring (bicyclic) bond motifs is 1. The summed E-state index contributed by atoms with van der Waals surface area (Å²) in [6, 6.07) is 7.87. The van der Waals surface area contributed by atoms with E-state index >= 15 is 0 Å². The second-order valence-electron chi connectivity index (χ2n) is 5.36. The van der Waals surface area contributed by atoms with Crippen molar-refractivity contribution < 1.29 is 23.0 Å². The highest BCUT2D eigenvalue weighted by Crippen LogP contribution is 2.34. The normalized spacial score (nSPS) is 13.7. The number of ether oxygens (including phenoxy) is 2. The van der Waals surface area contributed by atoms with Crippen LogP contribution >= 0.6 is 23.2 Å². The minimum Gasteiger partial charge on any atom is -0.505 e. The van der Waals surface area contributed by atoms with E-state index < -0.39 is 15.8 Å². The van der Waals surface area contributed by atoms with Gasteiger partial charge >= 0.3 is 0 Å². The van der Waals surface area contributed by atoms with Crippen LogP contribution < -0.4 is 14.2 Å². The number of benzene rings is 2. The van der Waals surface area contributed by atoms with Gasteiger partial charge in [0.2, 0.25) is 10.0 Å². The van der Waals surface area contributed by atoms with Gasteiger partial charge < -0.3 is 14.6 Å². The van der Waals surface area contributed by atoms with Gasteiger partial charge in [-0.3, -0.25) is 0 Å². The Labute approximate surface area is 155 Å². The zero-order valence-electron chi connectivity index (χ0n) is 13.0. The Bertz CT molecular complexity index is 902. The van der Waals surface area contributed by atoms with Crippen molar-refractivity contribution in [3.63, 3.8) is 0 Å². The fourth-order valence-electron chi connectivity index (χ4n) is 2.40. The molecule has 1 aliphatic rings.